The lowest BCUT2D eigenvalue weighted by Crippen LogP contribution is -2.30. The van der Waals surface area contributed by atoms with Crippen molar-refractivity contribution in [1.29, 1.82) is 0 Å². The van der Waals surface area contributed by atoms with Crippen LogP contribution in [-0.2, 0) is 4.79 Å². The number of hydrogen-bond acceptors (Lipinski definition) is 2. The Hall–Kier alpha value is -0.830. The molecule has 0 saturated carbocycles. The summed E-state index contributed by atoms with van der Waals surface area (Å²) in [6.45, 7) is 3.36. The molecule has 0 aromatic carbocycles. The number of carbonyl (C=O) groups is 1. The van der Waals surface area contributed by atoms with Crippen molar-refractivity contribution in [3.05, 3.63) is 12.2 Å². The third-order valence-electron chi connectivity index (χ3n) is 1.85. The Morgan fingerprint density at radius 3 is 2.91 bits per heavy atom. The summed E-state index contributed by atoms with van der Waals surface area (Å²) in [6, 6.07) is 0.184. The molecule has 1 aliphatic heterocycles. The average molecular weight is 154 g/mol. The summed E-state index contributed by atoms with van der Waals surface area (Å²) in [5.74, 6) is 0.0838. The van der Waals surface area contributed by atoms with E-state index in [0.717, 1.165) is 13.0 Å². The second-order valence-electron chi connectivity index (χ2n) is 2.83. The van der Waals surface area contributed by atoms with Gasteiger partial charge in [-0.1, -0.05) is 6.08 Å². The van der Waals surface area contributed by atoms with Gasteiger partial charge in [-0.25, -0.2) is 0 Å². The molecule has 2 N–H and O–H groups in total. The molecule has 3 heteroatoms. The minimum absolute atomic E-state index is 0.0838. The van der Waals surface area contributed by atoms with Gasteiger partial charge in [0, 0.05) is 19.1 Å². The fourth-order valence-corrected chi connectivity index (χ4v) is 1.24. The van der Waals surface area contributed by atoms with Gasteiger partial charge >= 0.3 is 0 Å². The van der Waals surface area contributed by atoms with Crippen LogP contribution >= 0.6 is 0 Å². The molecule has 0 unspecified atom stereocenters. The number of likely N-dealkylation sites (tertiary alicyclic amines) is 1. The largest absolute Gasteiger partial charge is 0.338 e. The highest BCUT2D eigenvalue weighted by atomic mass is 16.2. The first-order valence-electron chi connectivity index (χ1n) is 3.91. The van der Waals surface area contributed by atoms with Gasteiger partial charge in [0.2, 0.25) is 5.91 Å². The summed E-state index contributed by atoms with van der Waals surface area (Å²) in [5.41, 5.74) is 5.64. The SMILES string of the molecule is C/C=C/C(=O)N1CC[C@H](N)C1. The average Bonchev–Trinajstić information content (AvgIpc) is 2.36. The first kappa shape index (κ1) is 8.27. The van der Waals surface area contributed by atoms with Crippen LogP contribution in [0.15, 0.2) is 12.2 Å². The van der Waals surface area contributed by atoms with Gasteiger partial charge in [-0.3, -0.25) is 4.79 Å². The molecule has 0 radical (unpaired) electrons. The second kappa shape index (κ2) is 3.53. The molecule has 62 valence electrons. The van der Waals surface area contributed by atoms with Crippen LogP contribution in [0.4, 0.5) is 0 Å². The smallest absolute Gasteiger partial charge is 0.246 e. The molecule has 0 aromatic rings. The third kappa shape index (κ3) is 2.05. The van der Waals surface area contributed by atoms with Crippen LogP contribution in [0, 0.1) is 0 Å². The molecule has 0 aromatic heterocycles. The molecule has 11 heavy (non-hydrogen) atoms. The molecule has 1 aliphatic rings. The van der Waals surface area contributed by atoms with E-state index < -0.39 is 0 Å². The van der Waals surface area contributed by atoms with E-state index in [9.17, 15) is 4.79 Å². The molecule has 1 fully saturated rings. The van der Waals surface area contributed by atoms with Gasteiger partial charge in [0.25, 0.3) is 0 Å². The fraction of sp³-hybridized carbons (Fsp3) is 0.625. The molecule has 1 atom stereocenters. The fourth-order valence-electron chi connectivity index (χ4n) is 1.24. The summed E-state index contributed by atoms with van der Waals surface area (Å²) < 4.78 is 0. The third-order valence-corrected chi connectivity index (χ3v) is 1.85. The number of amides is 1. The Kier molecular flexibility index (Phi) is 2.65. The first-order chi connectivity index (χ1) is 5.24. The van der Waals surface area contributed by atoms with Crippen molar-refractivity contribution in [1.82, 2.24) is 4.90 Å². The van der Waals surface area contributed by atoms with Crippen molar-refractivity contribution in [3.8, 4) is 0 Å². The Morgan fingerprint density at radius 1 is 1.73 bits per heavy atom. The molecule has 1 amide bonds. The number of allylic oxidation sites excluding steroid dienone is 1. The van der Waals surface area contributed by atoms with Crippen LogP contribution in [-0.4, -0.2) is 29.9 Å². The first-order valence-corrected chi connectivity index (χ1v) is 3.91. The lowest BCUT2D eigenvalue weighted by Gasteiger charge is -2.12. The predicted octanol–water partition coefficient (Wildman–Crippen LogP) is 0.122. The minimum atomic E-state index is 0.0838. The number of carbonyl (C=O) groups excluding carboxylic acids is 1. The van der Waals surface area contributed by atoms with Gasteiger partial charge in [-0.05, 0) is 19.4 Å². The van der Waals surface area contributed by atoms with E-state index in [2.05, 4.69) is 0 Å². The Bertz CT molecular complexity index is 177. The van der Waals surface area contributed by atoms with Crippen molar-refractivity contribution in [3.63, 3.8) is 0 Å². The van der Waals surface area contributed by atoms with E-state index in [4.69, 9.17) is 5.73 Å². The second-order valence-corrected chi connectivity index (χ2v) is 2.83. The van der Waals surface area contributed by atoms with Gasteiger partial charge in [0.05, 0.1) is 0 Å². The predicted molar refractivity (Wildman–Crippen MR) is 44.0 cm³/mol. The molecular weight excluding hydrogens is 140 g/mol. The molecule has 0 spiro atoms. The van der Waals surface area contributed by atoms with Crippen LogP contribution in [0.1, 0.15) is 13.3 Å². The summed E-state index contributed by atoms with van der Waals surface area (Å²) in [6.07, 6.45) is 4.27. The maximum Gasteiger partial charge on any atom is 0.246 e. The van der Waals surface area contributed by atoms with Crippen molar-refractivity contribution in [2.24, 2.45) is 5.73 Å². The van der Waals surface area contributed by atoms with Crippen LogP contribution < -0.4 is 5.73 Å². The van der Waals surface area contributed by atoms with E-state index in [1.54, 1.807) is 17.1 Å². The van der Waals surface area contributed by atoms with Gasteiger partial charge in [0.1, 0.15) is 0 Å². The topological polar surface area (TPSA) is 46.3 Å². The van der Waals surface area contributed by atoms with Gasteiger partial charge in [-0.2, -0.15) is 0 Å². The molecular formula is C8H14N2O. The molecule has 1 rings (SSSR count). The van der Waals surface area contributed by atoms with E-state index in [1.807, 2.05) is 6.92 Å². The highest BCUT2D eigenvalue weighted by Crippen LogP contribution is 2.06. The number of hydrogen-bond donors (Lipinski definition) is 1. The van der Waals surface area contributed by atoms with Crippen LogP contribution in [0.2, 0.25) is 0 Å². The normalized spacial score (nSPS) is 24.9. The summed E-state index contributed by atoms with van der Waals surface area (Å²) in [5, 5.41) is 0. The molecule has 0 aliphatic carbocycles. The van der Waals surface area contributed by atoms with Gasteiger partial charge in [0.15, 0.2) is 0 Å². The summed E-state index contributed by atoms with van der Waals surface area (Å²) in [7, 11) is 0. The highest BCUT2D eigenvalue weighted by molar-refractivity contribution is 5.87. The number of nitrogens with two attached hydrogens (primary N) is 1. The van der Waals surface area contributed by atoms with Gasteiger partial charge in [-0.15, -0.1) is 0 Å². The Labute approximate surface area is 66.9 Å². The van der Waals surface area contributed by atoms with E-state index in [-0.39, 0.29) is 11.9 Å². The van der Waals surface area contributed by atoms with E-state index in [1.165, 1.54) is 0 Å². The Morgan fingerprint density at radius 2 is 2.45 bits per heavy atom. The molecule has 1 heterocycles. The molecule has 3 nitrogen and oxygen atoms in total. The highest BCUT2D eigenvalue weighted by Gasteiger charge is 2.21. The van der Waals surface area contributed by atoms with Crippen molar-refractivity contribution in [2.45, 2.75) is 19.4 Å². The zero-order chi connectivity index (χ0) is 8.27. The summed E-state index contributed by atoms with van der Waals surface area (Å²) in [4.78, 5) is 13.0. The summed E-state index contributed by atoms with van der Waals surface area (Å²) >= 11 is 0. The van der Waals surface area contributed by atoms with Crippen molar-refractivity contribution < 1.29 is 4.79 Å². The van der Waals surface area contributed by atoms with Crippen LogP contribution in [0.25, 0.3) is 0 Å². The zero-order valence-corrected chi connectivity index (χ0v) is 6.79. The standard InChI is InChI=1S/C8H14N2O/c1-2-3-8(11)10-5-4-7(9)6-10/h2-3,7H,4-6,9H2,1H3/b3-2+/t7-/m0/s1. The molecule has 0 bridgehead atoms. The maximum absolute atomic E-state index is 11.2. The zero-order valence-electron chi connectivity index (χ0n) is 6.79. The monoisotopic (exact) mass is 154 g/mol. The minimum Gasteiger partial charge on any atom is -0.338 e. The lowest BCUT2D eigenvalue weighted by molar-refractivity contribution is -0.125. The van der Waals surface area contributed by atoms with E-state index in [0.29, 0.717) is 6.54 Å². The van der Waals surface area contributed by atoms with Crippen LogP contribution in [0.3, 0.4) is 0 Å². The number of rotatable bonds is 1. The van der Waals surface area contributed by atoms with Crippen LogP contribution in [0.5, 0.6) is 0 Å². The molecule has 1 saturated heterocycles. The van der Waals surface area contributed by atoms with Crippen molar-refractivity contribution >= 4 is 5.91 Å². The van der Waals surface area contributed by atoms with Crippen molar-refractivity contribution in [2.75, 3.05) is 13.1 Å². The lowest BCUT2D eigenvalue weighted by atomic mass is 10.3. The van der Waals surface area contributed by atoms with E-state index >= 15 is 0 Å². The number of nitrogens with zero attached hydrogens (tertiary/aromatic N) is 1. The quantitative estimate of drug-likeness (QED) is 0.545. The maximum atomic E-state index is 11.2. The Balaban J connectivity index is 2.43. The van der Waals surface area contributed by atoms with Gasteiger partial charge < -0.3 is 10.6 Å².